The zero-order valence-electron chi connectivity index (χ0n) is 12.7. The van der Waals surface area contributed by atoms with E-state index in [1.54, 1.807) is 0 Å². The number of esters is 1. The van der Waals surface area contributed by atoms with Crippen LogP contribution in [0.3, 0.4) is 0 Å². The molecule has 0 saturated carbocycles. The van der Waals surface area contributed by atoms with E-state index in [-0.39, 0.29) is 17.0 Å². The zero-order valence-corrected chi connectivity index (χ0v) is 13.7. The third kappa shape index (κ3) is 4.04. The Labute approximate surface area is 116 Å². The highest BCUT2D eigenvalue weighted by Crippen LogP contribution is 2.36. The molecule has 0 radical (unpaired) electrons. The minimum atomic E-state index is -1.75. The summed E-state index contributed by atoms with van der Waals surface area (Å²) in [7, 11) is -1.75. The number of ether oxygens (including phenoxy) is 1. The highest BCUT2D eigenvalue weighted by atomic mass is 28.4. The Balaban J connectivity index is 2.38. The first kappa shape index (κ1) is 16.2. The van der Waals surface area contributed by atoms with Gasteiger partial charge < -0.3 is 14.5 Å². The summed E-state index contributed by atoms with van der Waals surface area (Å²) in [6.07, 6.45) is 0.0384. The van der Waals surface area contributed by atoms with Crippen molar-refractivity contribution in [1.82, 2.24) is 5.32 Å². The number of hydrogen-bond donors (Lipinski definition) is 1. The predicted molar refractivity (Wildman–Crippen MR) is 75.3 cm³/mol. The molecule has 1 saturated heterocycles. The average Bonchev–Trinajstić information content (AvgIpc) is 2.23. The fourth-order valence-electron chi connectivity index (χ4n) is 1.62. The van der Waals surface area contributed by atoms with Gasteiger partial charge in [-0.05, 0) is 24.6 Å². The molecule has 1 aliphatic heterocycles. The molecule has 1 aliphatic rings. The van der Waals surface area contributed by atoms with Gasteiger partial charge in [-0.3, -0.25) is 9.59 Å². The van der Waals surface area contributed by atoms with Crippen LogP contribution in [0.4, 0.5) is 0 Å². The lowest BCUT2D eigenvalue weighted by Crippen LogP contribution is -2.64. The number of β-lactam (4-membered cyclic amide) rings is 1. The van der Waals surface area contributed by atoms with Crippen LogP contribution in [0.25, 0.3) is 0 Å². The molecule has 0 unspecified atom stereocenters. The van der Waals surface area contributed by atoms with Crippen LogP contribution < -0.4 is 5.32 Å². The smallest absolute Gasteiger partial charge is 0.303 e. The van der Waals surface area contributed by atoms with Gasteiger partial charge in [-0.1, -0.05) is 20.8 Å². The molecule has 0 aliphatic carbocycles. The minimum absolute atomic E-state index is 0.110. The van der Waals surface area contributed by atoms with Crippen molar-refractivity contribution in [2.75, 3.05) is 6.61 Å². The van der Waals surface area contributed by atoms with E-state index in [0.717, 1.165) is 0 Å². The quantitative estimate of drug-likeness (QED) is 0.476. The molecule has 1 N–H and O–H groups in total. The average molecular weight is 287 g/mol. The molecule has 19 heavy (non-hydrogen) atoms. The summed E-state index contributed by atoms with van der Waals surface area (Å²) in [5, 5.41) is 2.91. The lowest BCUT2D eigenvalue weighted by atomic mass is 9.99. The molecule has 110 valence electrons. The third-order valence-corrected chi connectivity index (χ3v) is 8.48. The highest BCUT2D eigenvalue weighted by Gasteiger charge is 2.42. The van der Waals surface area contributed by atoms with Gasteiger partial charge in [0.2, 0.25) is 0 Å². The Morgan fingerprint density at radius 2 is 1.95 bits per heavy atom. The van der Waals surface area contributed by atoms with Gasteiger partial charge in [0.05, 0.1) is 6.04 Å². The third-order valence-electron chi connectivity index (χ3n) is 3.94. The Morgan fingerprint density at radius 1 is 1.37 bits per heavy atom. The molecule has 1 rings (SSSR count). The summed E-state index contributed by atoms with van der Waals surface area (Å²) >= 11 is 0. The number of nitrogens with one attached hydrogen (secondary N) is 1. The largest absolute Gasteiger partial charge is 0.450 e. The van der Waals surface area contributed by atoms with Crippen LogP contribution in [0.2, 0.25) is 18.1 Å². The molecule has 0 aromatic carbocycles. The molecular weight excluding hydrogens is 262 g/mol. The second kappa shape index (κ2) is 5.62. The van der Waals surface area contributed by atoms with Crippen LogP contribution in [0.15, 0.2) is 0 Å². The molecule has 0 aromatic rings. The van der Waals surface area contributed by atoms with Gasteiger partial charge in [-0.15, -0.1) is 0 Å². The number of amides is 1. The van der Waals surface area contributed by atoms with E-state index < -0.39 is 20.4 Å². The van der Waals surface area contributed by atoms with Crippen LogP contribution >= 0.6 is 0 Å². The summed E-state index contributed by atoms with van der Waals surface area (Å²) in [4.78, 5) is 22.2. The second-order valence-corrected chi connectivity index (χ2v) is 11.4. The number of rotatable bonds is 5. The monoisotopic (exact) mass is 287 g/mol. The SMILES string of the molecule is CC(=O)O[C@H]1C(=O)N[C@@H]1CCO[Si](C)(C)C(C)(C)C. The summed E-state index contributed by atoms with van der Waals surface area (Å²) in [6.45, 7) is 12.8. The van der Waals surface area contributed by atoms with Gasteiger partial charge in [0.1, 0.15) is 0 Å². The molecule has 0 spiro atoms. The van der Waals surface area contributed by atoms with Crippen LogP contribution in [0, 0.1) is 0 Å². The predicted octanol–water partition coefficient (Wildman–Crippen LogP) is 1.83. The first-order valence-electron chi connectivity index (χ1n) is 6.66. The van der Waals surface area contributed by atoms with Crippen LogP contribution in [-0.2, 0) is 18.8 Å². The topological polar surface area (TPSA) is 64.6 Å². The maximum absolute atomic E-state index is 11.3. The summed E-state index contributed by atoms with van der Waals surface area (Å²) in [5.41, 5.74) is 0. The molecule has 2 atom stereocenters. The van der Waals surface area contributed by atoms with E-state index in [2.05, 4.69) is 39.2 Å². The van der Waals surface area contributed by atoms with Gasteiger partial charge in [-0.25, -0.2) is 0 Å². The fourth-order valence-corrected chi connectivity index (χ4v) is 2.68. The molecule has 0 bridgehead atoms. The summed E-state index contributed by atoms with van der Waals surface area (Å²) < 4.78 is 11.0. The van der Waals surface area contributed by atoms with E-state index >= 15 is 0 Å². The van der Waals surface area contributed by atoms with E-state index in [4.69, 9.17) is 9.16 Å². The second-order valence-electron chi connectivity index (χ2n) is 6.54. The Kier molecular flexibility index (Phi) is 4.79. The lowest BCUT2D eigenvalue weighted by Gasteiger charge is -2.39. The lowest BCUT2D eigenvalue weighted by molar-refractivity contribution is -0.164. The normalized spacial score (nSPS) is 23.6. The minimum Gasteiger partial charge on any atom is -0.450 e. The van der Waals surface area contributed by atoms with Crippen molar-refractivity contribution in [1.29, 1.82) is 0 Å². The maximum atomic E-state index is 11.3. The van der Waals surface area contributed by atoms with Gasteiger partial charge in [0.25, 0.3) is 5.91 Å². The van der Waals surface area contributed by atoms with Crippen molar-refractivity contribution in [2.45, 2.75) is 64.4 Å². The molecule has 1 fully saturated rings. The molecular formula is C13H25NO4Si. The zero-order chi connectivity index (χ0) is 14.8. The van der Waals surface area contributed by atoms with Crippen LogP contribution in [0.5, 0.6) is 0 Å². The molecule has 0 aromatic heterocycles. The summed E-state index contributed by atoms with van der Waals surface area (Å²) in [5.74, 6) is -0.636. The van der Waals surface area contributed by atoms with E-state index in [9.17, 15) is 9.59 Å². The Morgan fingerprint density at radius 3 is 2.37 bits per heavy atom. The van der Waals surface area contributed by atoms with Crippen LogP contribution in [-0.4, -0.2) is 38.9 Å². The Bertz CT molecular complexity index is 362. The van der Waals surface area contributed by atoms with Crippen molar-refractivity contribution in [3.8, 4) is 0 Å². The first-order chi connectivity index (χ1) is 8.54. The van der Waals surface area contributed by atoms with Crippen molar-refractivity contribution in [2.24, 2.45) is 0 Å². The van der Waals surface area contributed by atoms with E-state index in [1.165, 1.54) is 6.92 Å². The standard InChI is InChI=1S/C13H25NO4Si/c1-9(15)18-11-10(14-12(11)16)7-8-17-19(5,6)13(2,3)4/h10-11H,7-8H2,1-6H3,(H,14,16)/t10-,11-/m1/s1. The van der Waals surface area contributed by atoms with Crippen molar-refractivity contribution >= 4 is 20.2 Å². The first-order valence-corrected chi connectivity index (χ1v) is 9.57. The van der Waals surface area contributed by atoms with E-state index in [1.807, 2.05) is 0 Å². The molecule has 1 heterocycles. The van der Waals surface area contributed by atoms with Gasteiger partial charge in [-0.2, -0.15) is 0 Å². The van der Waals surface area contributed by atoms with Crippen molar-refractivity contribution < 1.29 is 18.8 Å². The number of carbonyl (C=O) groups is 2. The molecule has 5 nitrogen and oxygen atoms in total. The molecule has 1 amide bonds. The van der Waals surface area contributed by atoms with Gasteiger partial charge in [0.15, 0.2) is 14.4 Å². The van der Waals surface area contributed by atoms with Gasteiger partial charge in [0, 0.05) is 13.5 Å². The fraction of sp³-hybridized carbons (Fsp3) is 0.846. The maximum Gasteiger partial charge on any atom is 0.303 e. The highest BCUT2D eigenvalue weighted by molar-refractivity contribution is 6.74. The summed E-state index contributed by atoms with van der Waals surface area (Å²) in [6, 6.07) is -0.110. The van der Waals surface area contributed by atoms with Crippen molar-refractivity contribution in [3.63, 3.8) is 0 Å². The van der Waals surface area contributed by atoms with E-state index in [0.29, 0.717) is 13.0 Å². The number of carbonyl (C=O) groups excluding carboxylic acids is 2. The van der Waals surface area contributed by atoms with Crippen LogP contribution in [0.1, 0.15) is 34.1 Å². The van der Waals surface area contributed by atoms with Crippen molar-refractivity contribution in [3.05, 3.63) is 0 Å². The van der Waals surface area contributed by atoms with Gasteiger partial charge >= 0.3 is 5.97 Å². The number of hydrogen-bond acceptors (Lipinski definition) is 4. The molecule has 6 heteroatoms. The Hall–Kier alpha value is -0.883.